The number of halogens is 1. The zero-order valence-electron chi connectivity index (χ0n) is 14.9. The molecule has 2 aliphatic rings. The minimum Gasteiger partial charge on any atom is -0.492 e. The molecule has 0 spiro atoms. The lowest BCUT2D eigenvalue weighted by Crippen LogP contribution is -2.53. The first kappa shape index (κ1) is 18.1. The summed E-state index contributed by atoms with van der Waals surface area (Å²) < 4.78 is 18.6. The molecule has 0 aliphatic carbocycles. The van der Waals surface area contributed by atoms with Crippen molar-refractivity contribution in [1.82, 2.24) is 9.80 Å². The summed E-state index contributed by atoms with van der Waals surface area (Å²) in [5.41, 5.74) is -0.443. The van der Waals surface area contributed by atoms with E-state index in [0.29, 0.717) is 18.3 Å². The van der Waals surface area contributed by atoms with Crippen molar-refractivity contribution in [2.24, 2.45) is 5.92 Å². The first-order chi connectivity index (χ1) is 11.9. The van der Waals surface area contributed by atoms with Crippen molar-refractivity contribution < 1.29 is 19.0 Å². The van der Waals surface area contributed by atoms with Crippen LogP contribution < -0.4 is 4.74 Å². The minimum atomic E-state index is -0.443. The maximum atomic E-state index is 12.9. The summed E-state index contributed by atoms with van der Waals surface area (Å²) in [6.07, 6.45) is 1.76. The first-order valence-electron chi connectivity index (χ1n) is 8.94. The molecule has 0 unspecified atom stereocenters. The summed E-state index contributed by atoms with van der Waals surface area (Å²) in [4.78, 5) is 16.3. The van der Waals surface area contributed by atoms with Gasteiger partial charge in [-0.3, -0.25) is 9.69 Å². The van der Waals surface area contributed by atoms with Gasteiger partial charge in [0.15, 0.2) is 0 Å². The maximum absolute atomic E-state index is 12.9. The topological polar surface area (TPSA) is 53.0 Å². The number of hydrogen-bond acceptors (Lipinski definition) is 4. The molecule has 0 bridgehead atoms. The van der Waals surface area contributed by atoms with Crippen LogP contribution in [0.5, 0.6) is 5.75 Å². The number of carbonyl (C=O) groups is 1. The summed E-state index contributed by atoms with van der Waals surface area (Å²) >= 11 is 0. The molecular weight excluding hydrogens is 323 g/mol. The van der Waals surface area contributed by atoms with Gasteiger partial charge in [-0.05, 0) is 49.9 Å². The van der Waals surface area contributed by atoms with Crippen LogP contribution >= 0.6 is 0 Å². The van der Waals surface area contributed by atoms with E-state index in [-0.39, 0.29) is 24.4 Å². The Bertz CT molecular complexity index is 609. The van der Waals surface area contributed by atoms with Gasteiger partial charge in [-0.15, -0.1) is 0 Å². The second-order valence-corrected chi connectivity index (χ2v) is 7.47. The number of benzene rings is 1. The van der Waals surface area contributed by atoms with Crippen LogP contribution in [-0.4, -0.2) is 65.2 Å². The molecule has 25 heavy (non-hydrogen) atoms. The van der Waals surface area contributed by atoms with Crippen molar-refractivity contribution in [2.75, 3.05) is 32.8 Å². The van der Waals surface area contributed by atoms with E-state index in [2.05, 4.69) is 4.90 Å². The summed E-state index contributed by atoms with van der Waals surface area (Å²) in [5.74, 6) is 0.850. The Morgan fingerprint density at radius 2 is 2.12 bits per heavy atom. The zero-order chi connectivity index (χ0) is 18.0. The molecule has 2 saturated heterocycles. The molecule has 0 aromatic heterocycles. The molecule has 2 fully saturated rings. The van der Waals surface area contributed by atoms with Crippen LogP contribution in [0.1, 0.15) is 26.7 Å². The van der Waals surface area contributed by atoms with Crippen LogP contribution in [0.4, 0.5) is 4.39 Å². The first-order valence-corrected chi connectivity index (χ1v) is 8.94. The van der Waals surface area contributed by atoms with Gasteiger partial charge in [0.1, 0.15) is 18.2 Å². The molecule has 0 saturated carbocycles. The van der Waals surface area contributed by atoms with Gasteiger partial charge in [0.2, 0.25) is 5.91 Å². The SMILES string of the molecule is CC(=O)N1[C@H]2CCN(CCOc3ccc(F)cc3)C[C@@H]2C[C@]1(C)CO. The van der Waals surface area contributed by atoms with Gasteiger partial charge in [0, 0.05) is 32.6 Å². The van der Waals surface area contributed by atoms with Gasteiger partial charge < -0.3 is 14.7 Å². The quantitative estimate of drug-likeness (QED) is 0.881. The van der Waals surface area contributed by atoms with E-state index in [1.54, 1.807) is 19.1 Å². The third-order valence-electron chi connectivity index (χ3n) is 5.56. The summed E-state index contributed by atoms with van der Waals surface area (Å²) in [6.45, 7) is 6.77. The fourth-order valence-electron chi connectivity index (χ4n) is 4.48. The third-order valence-corrected chi connectivity index (χ3v) is 5.56. The van der Waals surface area contributed by atoms with Crippen LogP contribution in [0.15, 0.2) is 24.3 Å². The van der Waals surface area contributed by atoms with Gasteiger partial charge >= 0.3 is 0 Å². The summed E-state index contributed by atoms with van der Waals surface area (Å²) in [7, 11) is 0. The molecule has 2 aliphatic heterocycles. The Balaban J connectivity index is 1.53. The van der Waals surface area contributed by atoms with Crippen LogP contribution in [0.3, 0.4) is 0 Å². The van der Waals surface area contributed by atoms with Crippen LogP contribution in [-0.2, 0) is 4.79 Å². The van der Waals surface area contributed by atoms with Crippen molar-refractivity contribution in [3.05, 3.63) is 30.1 Å². The molecule has 5 nitrogen and oxygen atoms in total. The molecule has 0 radical (unpaired) electrons. The van der Waals surface area contributed by atoms with Crippen molar-refractivity contribution in [3.63, 3.8) is 0 Å². The number of aliphatic hydroxyl groups excluding tert-OH is 1. The Hall–Kier alpha value is -1.66. The fraction of sp³-hybridized carbons (Fsp3) is 0.632. The molecule has 6 heteroatoms. The summed E-state index contributed by atoms with van der Waals surface area (Å²) in [5, 5.41) is 9.79. The number of piperidine rings is 1. The zero-order valence-corrected chi connectivity index (χ0v) is 14.9. The Morgan fingerprint density at radius 3 is 2.76 bits per heavy atom. The molecule has 3 atom stereocenters. The Labute approximate surface area is 148 Å². The number of hydrogen-bond donors (Lipinski definition) is 1. The van der Waals surface area contributed by atoms with E-state index in [4.69, 9.17) is 4.74 Å². The number of carbonyl (C=O) groups excluding carboxylic acids is 1. The second kappa shape index (κ2) is 7.30. The average Bonchev–Trinajstić information content (AvgIpc) is 2.89. The van der Waals surface area contributed by atoms with E-state index in [9.17, 15) is 14.3 Å². The maximum Gasteiger partial charge on any atom is 0.220 e. The van der Waals surface area contributed by atoms with E-state index >= 15 is 0 Å². The lowest BCUT2D eigenvalue weighted by Gasteiger charge is -2.40. The van der Waals surface area contributed by atoms with E-state index in [1.165, 1.54) is 12.1 Å². The highest BCUT2D eigenvalue weighted by Gasteiger charge is 2.51. The van der Waals surface area contributed by atoms with Crippen LogP contribution in [0, 0.1) is 11.7 Å². The van der Waals surface area contributed by atoms with E-state index in [0.717, 1.165) is 32.5 Å². The molecule has 1 aromatic rings. The van der Waals surface area contributed by atoms with Gasteiger partial charge in [0.05, 0.1) is 12.1 Å². The smallest absolute Gasteiger partial charge is 0.220 e. The molecule has 2 heterocycles. The molecule has 1 N–H and O–H groups in total. The number of aliphatic hydroxyl groups is 1. The number of ether oxygens (including phenoxy) is 1. The highest BCUT2D eigenvalue weighted by atomic mass is 19.1. The summed E-state index contributed by atoms with van der Waals surface area (Å²) in [6, 6.07) is 6.28. The predicted octanol–water partition coefficient (Wildman–Crippen LogP) is 1.90. The van der Waals surface area contributed by atoms with Gasteiger partial charge in [0.25, 0.3) is 0 Å². The van der Waals surface area contributed by atoms with Crippen LogP contribution in [0.25, 0.3) is 0 Å². The van der Waals surface area contributed by atoms with Gasteiger partial charge in [-0.2, -0.15) is 0 Å². The fourth-order valence-corrected chi connectivity index (χ4v) is 4.48. The second-order valence-electron chi connectivity index (χ2n) is 7.47. The number of likely N-dealkylation sites (tertiary alicyclic amines) is 2. The van der Waals surface area contributed by atoms with E-state index in [1.807, 2.05) is 11.8 Å². The monoisotopic (exact) mass is 350 g/mol. The highest BCUT2D eigenvalue weighted by Crippen LogP contribution is 2.41. The number of nitrogens with zero attached hydrogens (tertiary/aromatic N) is 2. The normalized spacial score (nSPS) is 29.5. The number of amides is 1. The van der Waals surface area contributed by atoms with Crippen molar-refractivity contribution >= 4 is 5.91 Å². The van der Waals surface area contributed by atoms with Gasteiger partial charge in [-0.25, -0.2) is 4.39 Å². The molecule has 1 aromatic carbocycles. The third kappa shape index (κ3) is 3.80. The molecule has 3 rings (SSSR count). The van der Waals surface area contributed by atoms with Crippen molar-refractivity contribution in [2.45, 2.75) is 38.3 Å². The number of fused-ring (bicyclic) bond motifs is 1. The van der Waals surface area contributed by atoms with E-state index < -0.39 is 5.54 Å². The lowest BCUT2D eigenvalue weighted by molar-refractivity contribution is -0.137. The van der Waals surface area contributed by atoms with Crippen molar-refractivity contribution in [1.29, 1.82) is 0 Å². The average molecular weight is 350 g/mol. The largest absolute Gasteiger partial charge is 0.492 e. The molecule has 1 amide bonds. The Kier molecular flexibility index (Phi) is 5.29. The standard InChI is InChI=1S/C19H27FN2O3/c1-14(24)22-18-7-8-21(12-15(18)11-19(22,2)13-23)9-10-25-17-5-3-16(20)4-6-17/h3-6,15,18,23H,7-13H2,1-2H3/t15-,18-,19+/m0/s1. The van der Waals surface area contributed by atoms with Gasteiger partial charge in [-0.1, -0.05) is 0 Å². The van der Waals surface area contributed by atoms with Crippen molar-refractivity contribution in [3.8, 4) is 5.75 Å². The lowest BCUT2D eigenvalue weighted by atomic mass is 9.89. The predicted molar refractivity (Wildman–Crippen MR) is 92.9 cm³/mol. The number of rotatable bonds is 5. The minimum absolute atomic E-state index is 0.00720. The molecular formula is C19H27FN2O3. The Morgan fingerprint density at radius 1 is 1.40 bits per heavy atom. The molecule has 138 valence electrons. The van der Waals surface area contributed by atoms with Crippen LogP contribution in [0.2, 0.25) is 0 Å². The highest BCUT2D eigenvalue weighted by molar-refractivity contribution is 5.75.